The average molecular weight is 216 g/mol. The van der Waals surface area contributed by atoms with E-state index in [0.717, 1.165) is 6.42 Å². The number of hydrogen-bond donors (Lipinski definition) is 1. The standard InChI is InChI=1S/C7H17B2NO3P/c1-12-4-6-5(3-7(8)13-6)10-14(2,9)11/h5-7H,3-4H2,1-2,9H3,(H,10,11)/q-1/t5-,6-,7-,14?/m1/s1. The third kappa shape index (κ3) is 3.77. The van der Waals surface area contributed by atoms with Crippen molar-refractivity contribution in [2.24, 2.45) is 0 Å². The van der Waals surface area contributed by atoms with Crippen molar-refractivity contribution in [1.82, 2.24) is 5.09 Å². The van der Waals surface area contributed by atoms with Gasteiger partial charge in [0.2, 0.25) is 0 Å². The van der Waals surface area contributed by atoms with Gasteiger partial charge >= 0.3 is 0 Å². The second kappa shape index (κ2) is 4.84. The van der Waals surface area contributed by atoms with Gasteiger partial charge in [0, 0.05) is 26.7 Å². The first kappa shape index (κ1) is 12.3. The first-order valence-electron chi connectivity index (χ1n) is 4.20. The highest BCUT2D eigenvalue weighted by atomic mass is 31.2. The van der Waals surface area contributed by atoms with Gasteiger partial charge < -0.3 is 14.0 Å². The summed E-state index contributed by atoms with van der Waals surface area (Å²) in [5.41, 5.74) is 0. The predicted molar refractivity (Wildman–Crippen MR) is 61.3 cm³/mol. The minimum absolute atomic E-state index is 0.0542. The molecule has 1 saturated heterocycles. The molecule has 0 aromatic heterocycles. The molecule has 14 heavy (non-hydrogen) atoms. The fourth-order valence-corrected chi connectivity index (χ4v) is 2.20. The summed E-state index contributed by atoms with van der Waals surface area (Å²) in [6, 6.07) is -0.155. The van der Waals surface area contributed by atoms with E-state index >= 15 is 0 Å². The van der Waals surface area contributed by atoms with Crippen LogP contribution in [0.1, 0.15) is 6.42 Å². The molecule has 1 fully saturated rings. The van der Waals surface area contributed by atoms with Gasteiger partial charge in [0.1, 0.15) is 7.85 Å². The van der Waals surface area contributed by atoms with E-state index in [9.17, 15) is 4.57 Å². The summed E-state index contributed by atoms with van der Waals surface area (Å²) in [6.45, 7) is 2.31. The molecule has 2 radical (unpaired) electrons. The zero-order valence-electron chi connectivity index (χ0n) is 7.90. The fourth-order valence-electron chi connectivity index (χ4n) is 1.47. The fraction of sp³-hybridized carbons (Fsp3) is 1.00. The highest BCUT2D eigenvalue weighted by Crippen LogP contribution is 2.33. The smallest absolute Gasteiger partial charge is 0.109 e. The van der Waals surface area contributed by atoms with Crippen LogP contribution in [0.15, 0.2) is 0 Å². The van der Waals surface area contributed by atoms with Crippen LogP contribution in [0.25, 0.3) is 0 Å². The molecule has 1 aliphatic heterocycles. The Kier molecular flexibility index (Phi) is 4.26. The highest BCUT2D eigenvalue weighted by Gasteiger charge is 2.33. The summed E-state index contributed by atoms with van der Waals surface area (Å²) in [7, 11) is 5.14. The van der Waals surface area contributed by atoms with Gasteiger partial charge in [-0.2, -0.15) is 0 Å². The molecule has 80 valence electrons. The normalized spacial score (nSPS) is 36.9. The van der Waals surface area contributed by atoms with E-state index in [0.29, 0.717) is 6.61 Å². The Morgan fingerprint density at radius 3 is 2.93 bits per heavy atom. The maximum atomic E-state index is 11.7. The molecule has 0 aromatic carbocycles. The number of ether oxygens (including phenoxy) is 2. The van der Waals surface area contributed by atoms with E-state index in [2.05, 4.69) is 5.09 Å². The summed E-state index contributed by atoms with van der Waals surface area (Å²) in [4.78, 5) is 0. The van der Waals surface area contributed by atoms with Gasteiger partial charge in [0.05, 0.1) is 12.7 Å². The van der Waals surface area contributed by atoms with Crippen LogP contribution in [0.5, 0.6) is 0 Å². The summed E-state index contributed by atoms with van der Waals surface area (Å²) in [5, 5.41) is 3.17. The maximum absolute atomic E-state index is 11.7. The Labute approximate surface area is 87.3 Å². The third-order valence-corrected chi connectivity index (χ3v) is 2.66. The summed E-state index contributed by atoms with van der Waals surface area (Å²) in [5.74, 6) is 0. The van der Waals surface area contributed by atoms with E-state index < -0.39 is 7.17 Å². The molecule has 0 saturated carbocycles. The zero-order valence-corrected chi connectivity index (χ0v) is 8.79. The van der Waals surface area contributed by atoms with Gasteiger partial charge in [-0.05, 0) is 20.3 Å². The summed E-state index contributed by atoms with van der Waals surface area (Å²) < 4.78 is 22.2. The molecule has 1 unspecified atom stereocenters. The van der Waals surface area contributed by atoms with Gasteiger partial charge in [0.15, 0.2) is 0 Å². The van der Waals surface area contributed by atoms with Crippen molar-refractivity contribution >= 4 is 22.6 Å². The largest absolute Gasteiger partial charge is 0.382 e. The number of hydrogen-bond acceptors (Lipinski definition) is 3. The van der Waals surface area contributed by atoms with Gasteiger partial charge in [-0.3, -0.25) is 5.09 Å². The van der Waals surface area contributed by atoms with Crippen LogP contribution in [0.4, 0.5) is 0 Å². The molecule has 4 atom stereocenters. The second-order valence-corrected chi connectivity index (χ2v) is 4.39. The Morgan fingerprint density at radius 2 is 2.43 bits per heavy atom. The quantitative estimate of drug-likeness (QED) is 0.486. The van der Waals surface area contributed by atoms with E-state index in [1.807, 2.05) is 0 Å². The third-order valence-electron chi connectivity index (χ3n) is 1.96. The molecular formula is C7H17B2NO3P-. The first-order valence-corrected chi connectivity index (χ1v) is 5.91. The number of nitrogens with one attached hydrogen (secondary N) is 1. The van der Waals surface area contributed by atoms with Crippen LogP contribution in [0.2, 0.25) is 0 Å². The van der Waals surface area contributed by atoms with Gasteiger partial charge in [-0.1, -0.05) is 0 Å². The lowest BCUT2D eigenvalue weighted by Crippen LogP contribution is -2.36. The van der Waals surface area contributed by atoms with E-state index in [1.165, 1.54) is 0 Å². The Morgan fingerprint density at radius 1 is 1.79 bits per heavy atom. The minimum atomic E-state index is -1.99. The topological polar surface area (TPSA) is 47.6 Å². The van der Waals surface area contributed by atoms with E-state index in [4.69, 9.17) is 17.3 Å². The van der Waals surface area contributed by atoms with Crippen molar-refractivity contribution in [3.8, 4) is 0 Å². The molecule has 1 aliphatic rings. The molecule has 0 amide bonds. The molecule has 1 heterocycles. The molecular weight excluding hydrogens is 199 g/mol. The molecule has 0 aliphatic carbocycles. The van der Waals surface area contributed by atoms with Crippen LogP contribution in [0.3, 0.4) is 0 Å². The predicted octanol–water partition coefficient (Wildman–Crippen LogP) is -0.937. The van der Waals surface area contributed by atoms with Crippen LogP contribution >= 0.6 is 7.17 Å². The lowest BCUT2D eigenvalue weighted by Gasteiger charge is -2.24. The van der Waals surface area contributed by atoms with Crippen LogP contribution in [-0.2, 0) is 14.0 Å². The van der Waals surface area contributed by atoms with Crippen molar-refractivity contribution in [2.45, 2.75) is 24.6 Å². The second-order valence-electron chi connectivity index (χ2n) is 3.14. The molecule has 0 aromatic rings. The Balaban J connectivity index is 2.53. The molecule has 4 nitrogen and oxygen atoms in total. The molecule has 0 spiro atoms. The summed E-state index contributed by atoms with van der Waals surface area (Å²) >= 11 is 0. The number of methoxy groups -OCH3 is 1. The lowest BCUT2D eigenvalue weighted by atomic mass is 9.95. The molecule has 7 heteroatoms. The monoisotopic (exact) mass is 216 g/mol. The minimum Gasteiger partial charge on any atom is -0.382 e. The first-order chi connectivity index (χ1) is 6.42. The van der Waals surface area contributed by atoms with Crippen molar-refractivity contribution in [1.29, 1.82) is 0 Å². The van der Waals surface area contributed by atoms with Crippen LogP contribution in [-0.4, -0.2) is 53.9 Å². The van der Waals surface area contributed by atoms with Gasteiger partial charge in [-0.15, -0.1) is 0 Å². The molecule has 1 rings (SSSR count). The SMILES string of the molecule is [B][C@H]1C[C@@H](NP([BH3-])(C)=O)[C@@H](COC)O1. The molecule has 0 bridgehead atoms. The van der Waals surface area contributed by atoms with Gasteiger partial charge in [-0.25, -0.2) is 0 Å². The number of rotatable bonds is 4. The average Bonchev–Trinajstić information content (AvgIpc) is 2.28. The van der Waals surface area contributed by atoms with Crippen molar-refractivity contribution < 1.29 is 14.0 Å². The van der Waals surface area contributed by atoms with E-state index in [-0.39, 0.29) is 25.7 Å². The maximum Gasteiger partial charge on any atom is 0.109 e. The van der Waals surface area contributed by atoms with E-state index in [1.54, 1.807) is 13.8 Å². The van der Waals surface area contributed by atoms with Crippen molar-refractivity contribution in [3.63, 3.8) is 0 Å². The molecule has 1 N–H and O–H groups in total. The lowest BCUT2D eigenvalue weighted by molar-refractivity contribution is 0.0184. The van der Waals surface area contributed by atoms with Gasteiger partial charge in [0.25, 0.3) is 0 Å². The Hall–Kier alpha value is 0.240. The Bertz CT molecular complexity index is 235. The zero-order chi connectivity index (χ0) is 10.8. The summed E-state index contributed by atoms with van der Waals surface area (Å²) in [6.07, 6.45) is 0.666. The van der Waals surface area contributed by atoms with Crippen molar-refractivity contribution in [3.05, 3.63) is 0 Å². The highest BCUT2D eigenvalue weighted by molar-refractivity contribution is 7.85. The van der Waals surface area contributed by atoms with Crippen LogP contribution < -0.4 is 5.09 Å². The van der Waals surface area contributed by atoms with Crippen molar-refractivity contribution in [2.75, 3.05) is 20.4 Å². The van der Waals surface area contributed by atoms with Crippen LogP contribution in [0, 0.1) is 0 Å².